The van der Waals surface area contributed by atoms with Gasteiger partial charge in [-0.15, -0.1) is 10.2 Å². The van der Waals surface area contributed by atoms with Crippen LogP contribution in [0, 0.1) is 0 Å². The minimum absolute atomic E-state index is 0.260. The van der Waals surface area contributed by atoms with Gasteiger partial charge < -0.3 is 19.1 Å². The number of nitrogens with zero attached hydrogens (tertiary/aromatic N) is 3. The normalized spacial score (nSPS) is 12.1. The molecule has 28 heavy (non-hydrogen) atoms. The lowest BCUT2D eigenvalue weighted by atomic mass is 10.2. The highest BCUT2D eigenvalue weighted by molar-refractivity contribution is 7.99. The van der Waals surface area contributed by atoms with E-state index in [1.54, 1.807) is 7.11 Å². The Morgan fingerprint density at radius 1 is 1.11 bits per heavy atom. The molecule has 0 aliphatic rings. The minimum atomic E-state index is -0.585. The first-order valence-corrected chi connectivity index (χ1v) is 10.2. The van der Waals surface area contributed by atoms with E-state index in [2.05, 4.69) is 21.7 Å². The standard InChI is InChI=1S/C21H25N3O3S/c1-3-24-20(17-9-5-4-6-10-17)22-23-21(24)28-15-18(25)14-27-13-16-8-7-11-19(12-16)26-2/h4-12,18,25H,3,13-15H2,1-2H3/t18-/m0/s1. The van der Waals surface area contributed by atoms with Crippen LogP contribution >= 0.6 is 11.8 Å². The lowest BCUT2D eigenvalue weighted by molar-refractivity contribution is 0.0397. The van der Waals surface area contributed by atoms with E-state index in [1.807, 2.05) is 54.6 Å². The summed E-state index contributed by atoms with van der Waals surface area (Å²) in [6, 6.07) is 17.7. The van der Waals surface area contributed by atoms with Gasteiger partial charge in [-0.25, -0.2) is 0 Å². The lowest BCUT2D eigenvalue weighted by Gasteiger charge is -2.12. The Kier molecular flexibility index (Phi) is 7.47. The Morgan fingerprint density at radius 2 is 1.93 bits per heavy atom. The van der Waals surface area contributed by atoms with E-state index in [0.29, 0.717) is 12.4 Å². The highest BCUT2D eigenvalue weighted by Crippen LogP contribution is 2.24. The quantitative estimate of drug-likeness (QED) is 0.525. The topological polar surface area (TPSA) is 69.4 Å². The molecule has 0 saturated carbocycles. The van der Waals surface area contributed by atoms with Crippen molar-refractivity contribution in [2.75, 3.05) is 19.5 Å². The number of hydrogen-bond acceptors (Lipinski definition) is 6. The molecule has 1 heterocycles. The van der Waals surface area contributed by atoms with Gasteiger partial charge in [-0.1, -0.05) is 54.2 Å². The second kappa shape index (κ2) is 10.3. The fourth-order valence-electron chi connectivity index (χ4n) is 2.78. The first kappa shape index (κ1) is 20.4. The molecule has 3 rings (SSSR count). The molecule has 0 spiro atoms. The molecule has 0 aliphatic carbocycles. The smallest absolute Gasteiger partial charge is 0.191 e. The number of aliphatic hydroxyl groups excluding tert-OH is 1. The Hall–Kier alpha value is -2.35. The molecule has 0 bridgehead atoms. The van der Waals surface area contributed by atoms with Crippen LogP contribution in [-0.2, 0) is 17.9 Å². The molecule has 6 nitrogen and oxygen atoms in total. The molecule has 2 aromatic carbocycles. The van der Waals surface area contributed by atoms with Crippen molar-refractivity contribution >= 4 is 11.8 Å². The zero-order valence-corrected chi connectivity index (χ0v) is 16.9. The number of rotatable bonds is 10. The van der Waals surface area contributed by atoms with Crippen LogP contribution in [0.15, 0.2) is 59.8 Å². The molecule has 0 amide bonds. The summed E-state index contributed by atoms with van der Waals surface area (Å²) < 4.78 is 12.9. The van der Waals surface area contributed by atoms with Gasteiger partial charge >= 0.3 is 0 Å². The average Bonchev–Trinajstić information content (AvgIpc) is 3.16. The largest absolute Gasteiger partial charge is 0.497 e. The van der Waals surface area contributed by atoms with Crippen LogP contribution in [0.2, 0.25) is 0 Å². The summed E-state index contributed by atoms with van der Waals surface area (Å²) in [6.07, 6.45) is -0.585. The molecule has 0 aliphatic heterocycles. The van der Waals surface area contributed by atoms with Crippen LogP contribution in [0.5, 0.6) is 5.75 Å². The summed E-state index contributed by atoms with van der Waals surface area (Å²) in [6.45, 7) is 3.52. The van der Waals surface area contributed by atoms with Crippen LogP contribution in [0.4, 0.5) is 0 Å². The number of aliphatic hydroxyl groups is 1. The maximum absolute atomic E-state index is 10.2. The molecule has 1 atom stereocenters. The molecule has 7 heteroatoms. The summed E-state index contributed by atoms with van der Waals surface area (Å²) in [4.78, 5) is 0. The fourth-order valence-corrected chi connectivity index (χ4v) is 3.68. The van der Waals surface area contributed by atoms with E-state index < -0.39 is 6.10 Å². The SMILES string of the molecule is CCn1c(SC[C@@H](O)COCc2cccc(OC)c2)nnc1-c1ccccc1. The summed E-state index contributed by atoms with van der Waals surface area (Å²) >= 11 is 1.49. The molecule has 0 fully saturated rings. The van der Waals surface area contributed by atoms with Gasteiger partial charge in [0.2, 0.25) is 0 Å². The second-order valence-corrected chi connectivity index (χ2v) is 7.24. The van der Waals surface area contributed by atoms with Crippen molar-refractivity contribution in [2.45, 2.75) is 31.3 Å². The molecule has 3 aromatic rings. The second-order valence-electron chi connectivity index (χ2n) is 6.25. The van der Waals surface area contributed by atoms with Crippen LogP contribution in [0.25, 0.3) is 11.4 Å². The van der Waals surface area contributed by atoms with E-state index in [-0.39, 0.29) is 6.61 Å². The Labute approximate surface area is 169 Å². The van der Waals surface area contributed by atoms with Gasteiger partial charge in [0.15, 0.2) is 11.0 Å². The summed E-state index contributed by atoms with van der Waals surface area (Å²) in [5, 5.41) is 19.7. The number of aromatic nitrogens is 3. The summed E-state index contributed by atoms with van der Waals surface area (Å²) in [5.41, 5.74) is 2.04. The van der Waals surface area contributed by atoms with Crippen molar-refractivity contribution in [2.24, 2.45) is 0 Å². The van der Waals surface area contributed by atoms with Crippen molar-refractivity contribution in [1.82, 2.24) is 14.8 Å². The molecule has 148 valence electrons. The van der Waals surface area contributed by atoms with E-state index in [4.69, 9.17) is 9.47 Å². The third kappa shape index (κ3) is 5.34. The molecule has 1 N–H and O–H groups in total. The fraction of sp³-hybridized carbons (Fsp3) is 0.333. The minimum Gasteiger partial charge on any atom is -0.497 e. The van der Waals surface area contributed by atoms with Gasteiger partial charge in [-0.05, 0) is 24.6 Å². The molecule has 0 unspecified atom stereocenters. The van der Waals surface area contributed by atoms with Gasteiger partial charge in [-0.2, -0.15) is 0 Å². The maximum atomic E-state index is 10.2. The maximum Gasteiger partial charge on any atom is 0.191 e. The molecular formula is C21H25N3O3S. The van der Waals surface area contributed by atoms with E-state index in [1.165, 1.54) is 11.8 Å². The van der Waals surface area contributed by atoms with Gasteiger partial charge in [0.1, 0.15) is 5.75 Å². The monoisotopic (exact) mass is 399 g/mol. The molecular weight excluding hydrogens is 374 g/mol. The van der Waals surface area contributed by atoms with Crippen molar-refractivity contribution in [3.8, 4) is 17.1 Å². The van der Waals surface area contributed by atoms with Crippen molar-refractivity contribution in [3.63, 3.8) is 0 Å². The first-order chi connectivity index (χ1) is 13.7. The number of ether oxygens (including phenoxy) is 2. The molecule has 1 aromatic heterocycles. The summed E-state index contributed by atoms with van der Waals surface area (Å²) in [7, 11) is 1.64. The van der Waals surface area contributed by atoms with Crippen LogP contribution in [0.1, 0.15) is 12.5 Å². The zero-order chi connectivity index (χ0) is 19.8. The first-order valence-electron chi connectivity index (χ1n) is 9.21. The van der Waals surface area contributed by atoms with Crippen molar-refractivity contribution < 1.29 is 14.6 Å². The Balaban J connectivity index is 1.50. The number of hydrogen-bond donors (Lipinski definition) is 1. The summed E-state index contributed by atoms with van der Waals surface area (Å²) in [5.74, 6) is 2.13. The van der Waals surface area contributed by atoms with Gasteiger partial charge in [-0.3, -0.25) is 0 Å². The van der Waals surface area contributed by atoms with Gasteiger partial charge in [0, 0.05) is 17.9 Å². The van der Waals surface area contributed by atoms with Crippen LogP contribution in [0.3, 0.4) is 0 Å². The predicted molar refractivity (Wildman–Crippen MR) is 111 cm³/mol. The molecule has 0 saturated heterocycles. The van der Waals surface area contributed by atoms with Crippen LogP contribution < -0.4 is 4.74 Å². The third-order valence-electron chi connectivity index (χ3n) is 4.18. The number of benzene rings is 2. The van der Waals surface area contributed by atoms with Crippen molar-refractivity contribution in [1.29, 1.82) is 0 Å². The lowest BCUT2D eigenvalue weighted by Crippen LogP contribution is -2.18. The van der Waals surface area contributed by atoms with E-state index in [0.717, 1.165) is 34.4 Å². The van der Waals surface area contributed by atoms with E-state index in [9.17, 15) is 5.11 Å². The number of thioether (sulfide) groups is 1. The van der Waals surface area contributed by atoms with E-state index >= 15 is 0 Å². The third-order valence-corrected chi connectivity index (χ3v) is 5.29. The van der Waals surface area contributed by atoms with Gasteiger partial charge in [0.05, 0.1) is 26.4 Å². The average molecular weight is 400 g/mol. The zero-order valence-electron chi connectivity index (χ0n) is 16.1. The predicted octanol–water partition coefficient (Wildman–Crippen LogP) is 3.64. The highest BCUT2D eigenvalue weighted by Gasteiger charge is 2.15. The van der Waals surface area contributed by atoms with Crippen LogP contribution in [-0.4, -0.2) is 45.4 Å². The Bertz CT molecular complexity index is 870. The van der Waals surface area contributed by atoms with Crippen molar-refractivity contribution in [3.05, 3.63) is 60.2 Å². The molecule has 0 radical (unpaired) electrons. The number of methoxy groups -OCH3 is 1. The Morgan fingerprint density at radius 3 is 2.68 bits per heavy atom. The van der Waals surface area contributed by atoms with Gasteiger partial charge in [0.25, 0.3) is 0 Å². The highest BCUT2D eigenvalue weighted by atomic mass is 32.2.